The van der Waals surface area contributed by atoms with Crippen molar-refractivity contribution in [2.75, 3.05) is 49.5 Å². The second kappa shape index (κ2) is 13.9. The van der Waals surface area contributed by atoms with Crippen LogP contribution in [-0.4, -0.2) is 64.5 Å². The first-order valence-electron chi connectivity index (χ1n) is 13.6. The summed E-state index contributed by atoms with van der Waals surface area (Å²) in [4.78, 5) is 19.7. The summed E-state index contributed by atoms with van der Waals surface area (Å²) in [5.41, 5.74) is 5.34. The van der Waals surface area contributed by atoms with Gasteiger partial charge in [0.2, 0.25) is 5.78 Å². The third-order valence-electron chi connectivity index (χ3n) is 7.29. The molecule has 3 heterocycles. The molecule has 2 fully saturated rings. The van der Waals surface area contributed by atoms with Crippen molar-refractivity contribution in [3.63, 3.8) is 0 Å². The van der Waals surface area contributed by atoms with Gasteiger partial charge >= 0.3 is 0 Å². The summed E-state index contributed by atoms with van der Waals surface area (Å²) in [6.45, 7) is 8.00. The Balaban J connectivity index is 1.17. The molecule has 37 heavy (non-hydrogen) atoms. The fourth-order valence-corrected chi connectivity index (χ4v) is 7.15. The Hall–Kier alpha value is -1.75. The van der Waals surface area contributed by atoms with E-state index in [1.165, 1.54) is 64.2 Å². The van der Waals surface area contributed by atoms with Gasteiger partial charge in [-0.05, 0) is 69.7 Å². The molecule has 1 unspecified atom stereocenters. The van der Waals surface area contributed by atoms with Crippen molar-refractivity contribution in [1.29, 1.82) is 0 Å². The van der Waals surface area contributed by atoms with Crippen LogP contribution in [0.25, 0.3) is 0 Å². The number of likely N-dealkylation sites (tertiary alicyclic amines) is 1. The summed E-state index contributed by atoms with van der Waals surface area (Å²) < 4.78 is 30.6. The van der Waals surface area contributed by atoms with Crippen molar-refractivity contribution in [2.24, 2.45) is 5.92 Å². The molecular formula is C27H39F2N5OS2. The fourth-order valence-electron chi connectivity index (χ4n) is 5.25. The van der Waals surface area contributed by atoms with Gasteiger partial charge in [0.1, 0.15) is 22.3 Å². The number of carbonyl (C=O) groups excluding carboxylic acids is 1. The number of anilines is 2. The highest BCUT2D eigenvalue weighted by Crippen LogP contribution is 2.31. The van der Waals surface area contributed by atoms with E-state index >= 15 is 0 Å². The van der Waals surface area contributed by atoms with Crippen LogP contribution in [0.1, 0.15) is 73.5 Å². The average Bonchev–Trinajstić information content (AvgIpc) is 3.26. The maximum absolute atomic E-state index is 14.1. The highest BCUT2D eigenvalue weighted by atomic mass is 32.2. The molecule has 10 heteroatoms. The molecule has 6 nitrogen and oxygen atoms in total. The summed E-state index contributed by atoms with van der Waals surface area (Å²) in [5, 5.41) is 3.89. The second-order valence-electron chi connectivity index (χ2n) is 10.1. The van der Waals surface area contributed by atoms with E-state index in [9.17, 15) is 13.6 Å². The molecule has 2 saturated heterocycles. The van der Waals surface area contributed by atoms with Crippen LogP contribution < -0.4 is 11.1 Å². The third-order valence-corrected chi connectivity index (χ3v) is 9.50. The van der Waals surface area contributed by atoms with E-state index in [0.717, 1.165) is 61.1 Å². The predicted molar refractivity (Wildman–Crippen MR) is 150 cm³/mol. The molecule has 0 amide bonds. The topological polar surface area (TPSA) is 74.5 Å². The molecule has 1 atom stereocenters. The van der Waals surface area contributed by atoms with Gasteiger partial charge in [-0.15, -0.1) is 0 Å². The minimum absolute atomic E-state index is 0.00136. The number of nitrogen functional groups attached to an aromatic ring is 1. The molecule has 2 aromatic rings. The van der Waals surface area contributed by atoms with Gasteiger partial charge in [-0.25, -0.2) is 13.8 Å². The third kappa shape index (κ3) is 7.88. The standard InChI is InChI=1S/C27H39F2N5OS2/c1-2-3-7-19-8-5-13-33(18-19)14-6-17-36-34-15-11-20(12-16-34)31-27-32-26(30)25(37-27)24(35)23-21(28)9-4-10-22(23)29/h4,9-10,19-20H,2-3,5-8,11-18,30H2,1H3,(H,31,32). The lowest BCUT2D eigenvalue weighted by Gasteiger charge is -2.33. The second-order valence-corrected chi connectivity index (χ2v) is 12.3. The van der Waals surface area contributed by atoms with Crippen LogP contribution in [0.5, 0.6) is 0 Å². The molecule has 204 valence electrons. The quantitative estimate of drug-likeness (QED) is 0.189. The van der Waals surface area contributed by atoms with E-state index in [1.807, 2.05) is 11.9 Å². The number of hydrogen-bond donors (Lipinski definition) is 2. The molecule has 1 aromatic carbocycles. The van der Waals surface area contributed by atoms with Gasteiger partial charge in [0.25, 0.3) is 0 Å². The Kier molecular flexibility index (Phi) is 10.6. The van der Waals surface area contributed by atoms with Crippen molar-refractivity contribution in [3.8, 4) is 0 Å². The smallest absolute Gasteiger partial charge is 0.212 e. The normalized spacial score (nSPS) is 19.8. The largest absolute Gasteiger partial charge is 0.382 e. The number of halogens is 2. The van der Waals surface area contributed by atoms with Crippen LogP contribution in [0.4, 0.5) is 19.7 Å². The van der Waals surface area contributed by atoms with Gasteiger partial charge in [0, 0.05) is 31.4 Å². The number of thiazole rings is 1. The molecule has 3 N–H and O–H groups in total. The average molecular weight is 552 g/mol. The monoisotopic (exact) mass is 551 g/mol. The van der Waals surface area contributed by atoms with Crippen LogP contribution in [-0.2, 0) is 0 Å². The van der Waals surface area contributed by atoms with Crippen LogP contribution in [0.15, 0.2) is 18.2 Å². The zero-order valence-corrected chi connectivity index (χ0v) is 23.3. The van der Waals surface area contributed by atoms with E-state index in [0.29, 0.717) is 5.13 Å². The number of nitrogens with one attached hydrogen (secondary N) is 1. The minimum atomic E-state index is -0.899. The predicted octanol–water partition coefficient (Wildman–Crippen LogP) is 6.05. The molecular weight excluding hydrogens is 512 g/mol. The summed E-state index contributed by atoms with van der Waals surface area (Å²) in [5.74, 6) is -0.524. The van der Waals surface area contributed by atoms with E-state index in [-0.39, 0.29) is 16.7 Å². The van der Waals surface area contributed by atoms with Gasteiger partial charge in [0.15, 0.2) is 5.13 Å². The van der Waals surface area contributed by atoms with E-state index in [1.54, 1.807) is 0 Å². The number of nitrogens with two attached hydrogens (primary N) is 1. The Morgan fingerprint density at radius 2 is 1.95 bits per heavy atom. The van der Waals surface area contributed by atoms with Crippen LogP contribution in [0, 0.1) is 17.6 Å². The maximum Gasteiger partial charge on any atom is 0.212 e. The first-order chi connectivity index (χ1) is 17.9. The Morgan fingerprint density at radius 3 is 2.68 bits per heavy atom. The number of nitrogens with zero attached hydrogens (tertiary/aromatic N) is 3. The van der Waals surface area contributed by atoms with Crippen molar-refractivity contribution in [2.45, 2.75) is 64.3 Å². The first-order valence-corrected chi connectivity index (χ1v) is 15.3. The summed E-state index contributed by atoms with van der Waals surface area (Å²) in [6.07, 6.45) is 9.95. The molecule has 0 spiro atoms. The molecule has 0 bridgehead atoms. The van der Waals surface area contributed by atoms with Crippen molar-refractivity contribution in [3.05, 3.63) is 40.3 Å². The summed E-state index contributed by atoms with van der Waals surface area (Å²) >= 11 is 3.01. The van der Waals surface area contributed by atoms with Crippen LogP contribution >= 0.6 is 23.3 Å². The lowest BCUT2D eigenvalue weighted by atomic mass is 9.93. The van der Waals surface area contributed by atoms with E-state index < -0.39 is 23.0 Å². The van der Waals surface area contributed by atoms with Crippen molar-refractivity contribution in [1.82, 2.24) is 14.2 Å². The maximum atomic E-state index is 14.1. The minimum Gasteiger partial charge on any atom is -0.382 e. The number of rotatable bonds is 12. The molecule has 0 saturated carbocycles. The number of piperidine rings is 2. The lowest BCUT2D eigenvalue weighted by molar-refractivity contribution is 0.103. The molecule has 0 radical (unpaired) electrons. The number of unbranched alkanes of at least 4 members (excludes halogenated alkanes) is 1. The molecule has 1 aromatic heterocycles. The molecule has 2 aliphatic heterocycles. The van der Waals surface area contributed by atoms with Gasteiger partial charge in [0.05, 0.1) is 5.56 Å². The molecule has 0 aliphatic carbocycles. The van der Waals surface area contributed by atoms with E-state index in [4.69, 9.17) is 5.73 Å². The lowest BCUT2D eigenvalue weighted by Crippen LogP contribution is -2.37. The number of ketones is 1. The zero-order valence-electron chi connectivity index (χ0n) is 21.7. The van der Waals surface area contributed by atoms with E-state index in [2.05, 4.69) is 26.4 Å². The zero-order chi connectivity index (χ0) is 26.2. The SMILES string of the molecule is CCCCC1CCCN(CCCSN2CCC(Nc3nc(N)c(C(=O)c4c(F)cccc4F)s3)CC2)C1. The fraction of sp³-hybridized carbons (Fsp3) is 0.630. The van der Waals surface area contributed by atoms with Crippen LogP contribution in [0.3, 0.4) is 0 Å². The molecule has 4 rings (SSSR count). The number of hydrogen-bond acceptors (Lipinski definition) is 8. The molecule has 2 aliphatic rings. The number of carbonyl (C=O) groups is 1. The first kappa shape index (κ1) is 28.3. The van der Waals surface area contributed by atoms with Crippen molar-refractivity contribution >= 4 is 40.0 Å². The Bertz CT molecular complexity index is 1010. The highest BCUT2D eigenvalue weighted by molar-refractivity contribution is 7.97. The van der Waals surface area contributed by atoms with Gasteiger partial charge in [-0.3, -0.25) is 9.10 Å². The summed E-state index contributed by atoms with van der Waals surface area (Å²) in [7, 11) is 0. The highest BCUT2D eigenvalue weighted by Gasteiger charge is 2.26. The van der Waals surface area contributed by atoms with Gasteiger partial charge in [-0.2, -0.15) is 0 Å². The van der Waals surface area contributed by atoms with Gasteiger partial charge < -0.3 is 16.0 Å². The number of benzene rings is 1. The summed E-state index contributed by atoms with van der Waals surface area (Å²) in [6, 6.07) is 3.59. The Labute approximate surface area is 227 Å². The van der Waals surface area contributed by atoms with Crippen molar-refractivity contribution < 1.29 is 13.6 Å². The number of aromatic nitrogens is 1. The van der Waals surface area contributed by atoms with Gasteiger partial charge in [-0.1, -0.05) is 49.1 Å². The van der Waals surface area contributed by atoms with Crippen LogP contribution in [0.2, 0.25) is 0 Å². The Morgan fingerprint density at radius 1 is 1.19 bits per heavy atom.